The van der Waals surface area contributed by atoms with E-state index in [0.29, 0.717) is 17.7 Å². The quantitative estimate of drug-likeness (QED) is 0.757. The molecule has 0 atom stereocenters. The molecule has 0 aliphatic heterocycles. The van der Waals surface area contributed by atoms with Gasteiger partial charge in [0.2, 0.25) is 11.8 Å². The number of halogens is 1. The summed E-state index contributed by atoms with van der Waals surface area (Å²) in [4.78, 5) is 22.2. The second kappa shape index (κ2) is 6.67. The number of nitrogens with one attached hydrogen (secondary N) is 1. The minimum Gasteiger partial charge on any atom is -0.369 e. The van der Waals surface area contributed by atoms with Crippen molar-refractivity contribution in [2.45, 2.75) is 38.3 Å². The number of hydrogen-bond donors (Lipinski definition) is 3. The van der Waals surface area contributed by atoms with E-state index < -0.39 is 5.91 Å². The molecule has 0 spiro atoms. The van der Waals surface area contributed by atoms with Crippen LogP contribution in [0.1, 0.15) is 41.6 Å². The molecule has 6 heteroatoms. The fourth-order valence-corrected chi connectivity index (χ4v) is 2.70. The maximum Gasteiger partial charge on any atom is 0.248 e. The van der Waals surface area contributed by atoms with E-state index in [1.807, 2.05) is 0 Å². The molecule has 0 radical (unpaired) electrons. The average Bonchev–Trinajstić information content (AvgIpc) is 2.46. The zero-order chi connectivity index (χ0) is 15.4. The predicted molar refractivity (Wildman–Crippen MR) is 76.7 cm³/mol. The summed E-state index contributed by atoms with van der Waals surface area (Å²) >= 11 is 0. The molecule has 0 heterocycles. The molecule has 1 aromatic carbocycles. The van der Waals surface area contributed by atoms with E-state index in [1.54, 1.807) is 0 Å². The van der Waals surface area contributed by atoms with E-state index in [-0.39, 0.29) is 23.7 Å². The molecule has 2 rings (SSSR count). The number of benzene rings is 1. The Balaban J connectivity index is 1.90. The first-order chi connectivity index (χ1) is 9.97. The smallest absolute Gasteiger partial charge is 0.248 e. The highest BCUT2D eigenvalue weighted by Crippen LogP contribution is 2.24. The van der Waals surface area contributed by atoms with Crippen LogP contribution in [0.15, 0.2) is 18.2 Å². The van der Waals surface area contributed by atoms with E-state index in [4.69, 9.17) is 11.5 Å². The van der Waals surface area contributed by atoms with E-state index in [2.05, 4.69) is 5.32 Å². The van der Waals surface area contributed by atoms with Crippen molar-refractivity contribution < 1.29 is 14.0 Å². The van der Waals surface area contributed by atoms with Gasteiger partial charge in [0, 0.05) is 29.6 Å². The molecule has 0 unspecified atom stereocenters. The molecule has 21 heavy (non-hydrogen) atoms. The number of carbonyl (C=O) groups excluding carboxylic acids is 2. The predicted octanol–water partition coefficient (Wildman–Crippen LogP) is 1.06. The molecule has 1 aromatic rings. The number of primary amides is 2. The van der Waals surface area contributed by atoms with Crippen LogP contribution >= 0.6 is 0 Å². The van der Waals surface area contributed by atoms with Crippen LogP contribution in [-0.4, -0.2) is 17.9 Å². The van der Waals surface area contributed by atoms with E-state index in [0.717, 1.165) is 25.7 Å². The van der Waals surface area contributed by atoms with E-state index in [9.17, 15) is 14.0 Å². The highest BCUT2D eigenvalue weighted by Gasteiger charge is 2.24. The first-order valence-corrected chi connectivity index (χ1v) is 7.08. The van der Waals surface area contributed by atoms with Gasteiger partial charge in [-0.1, -0.05) is 0 Å². The van der Waals surface area contributed by atoms with Crippen molar-refractivity contribution in [3.05, 3.63) is 35.1 Å². The van der Waals surface area contributed by atoms with Gasteiger partial charge < -0.3 is 16.8 Å². The third kappa shape index (κ3) is 4.01. The second-order valence-corrected chi connectivity index (χ2v) is 5.50. The summed E-state index contributed by atoms with van der Waals surface area (Å²) in [6.45, 7) is 0.332. The van der Waals surface area contributed by atoms with Gasteiger partial charge in [-0.15, -0.1) is 0 Å². The van der Waals surface area contributed by atoms with Gasteiger partial charge in [-0.25, -0.2) is 4.39 Å². The third-order valence-electron chi connectivity index (χ3n) is 4.04. The monoisotopic (exact) mass is 293 g/mol. The van der Waals surface area contributed by atoms with Crippen LogP contribution in [0, 0.1) is 11.7 Å². The lowest BCUT2D eigenvalue weighted by atomic mass is 9.85. The number of amides is 2. The number of nitrogens with two attached hydrogens (primary N) is 2. The van der Waals surface area contributed by atoms with Crippen LogP contribution in [-0.2, 0) is 11.3 Å². The fraction of sp³-hybridized carbons (Fsp3) is 0.467. The maximum absolute atomic E-state index is 13.7. The Morgan fingerprint density at radius 2 is 1.86 bits per heavy atom. The Kier molecular flexibility index (Phi) is 4.90. The van der Waals surface area contributed by atoms with Crippen LogP contribution in [0.3, 0.4) is 0 Å². The normalized spacial score (nSPS) is 22.0. The Morgan fingerprint density at radius 3 is 2.43 bits per heavy atom. The second-order valence-electron chi connectivity index (χ2n) is 5.50. The Morgan fingerprint density at radius 1 is 1.19 bits per heavy atom. The number of carbonyl (C=O) groups is 2. The van der Waals surface area contributed by atoms with Gasteiger partial charge in [-0.3, -0.25) is 9.59 Å². The van der Waals surface area contributed by atoms with Crippen LogP contribution in [0.5, 0.6) is 0 Å². The summed E-state index contributed by atoms with van der Waals surface area (Å²) in [6.07, 6.45) is 3.20. The van der Waals surface area contributed by atoms with Crippen molar-refractivity contribution in [2.75, 3.05) is 0 Å². The minimum atomic E-state index is -0.571. The zero-order valence-electron chi connectivity index (χ0n) is 11.8. The topological polar surface area (TPSA) is 98.2 Å². The molecule has 114 valence electrons. The summed E-state index contributed by atoms with van der Waals surface area (Å²) in [6, 6.07) is 4.33. The first kappa shape index (κ1) is 15.4. The minimum absolute atomic E-state index is 0.0435. The van der Waals surface area contributed by atoms with Gasteiger partial charge in [-0.05, 0) is 43.9 Å². The van der Waals surface area contributed by atoms with Crippen molar-refractivity contribution in [1.29, 1.82) is 0 Å². The summed E-state index contributed by atoms with van der Waals surface area (Å²) < 4.78 is 13.7. The fourth-order valence-electron chi connectivity index (χ4n) is 2.70. The molecule has 1 aliphatic rings. The van der Waals surface area contributed by atoms with Gasteiger partial charge in [-0.2, -0.15) is 0 Å². The van der Waals surface area contributed by atoms with Crippen molar-refractivity contribution in [3.63, 3.8) is 0 Å². The molecule has 1 fully saturated rings. The molecule has 1 aliphatic carbocycles. The Hall–Kier alpha value is -1.95. The Labute approximate surface area is 122 Å². The first-order valence-electron chi connectivity index (χ1n) is 7.08. The van der Waals surface area contributed by atoms with Crippen LogP contribution in [0.2, 0.25) is 0 Å². The highest BCUT2D eigenvalue weighted by molar-refractivity contribution is 5.92. The van der Waals surface area contributed by atoms with Crippen LogP contribution < -0.4 is 16.8 Å². The highest BCUT2D eigenvalue weighted by atomic mass is 19.1. The maximum atomic E-state index is 13.7. The molecule has 5 nitrogen and oxygen atoms in total. The molecule has 0 saturated heterocycles. The summed E-state index contributed by atoms with van der Waals surface area (Å²) in [7, 11) is 0. The lowest BCUT2D eigenvalue weighted by Gasteiger charge is -2.27. The molecular formula is C15H20FN3O2. The zero-order valence-corrected chi connectivity index (χ0v) is 11.8. The summed E-state index contributed by atoms with van der Waals surface area (Å²) in [5.74, 6) is -1.22. The third-order valence-corrected chi connectivity index (χ3v) is 4.04. The molecule has 2 amide bonds. The molecule has 5 N–H and O–H groups in total. The summed E-state index contributed by atoms with van der Waals surface area (Å²) in [5, 5.41) is 3.26. The van der Waals surface area contributed by atoms with Gasteiger partial charge >= 0.3 is 0 Å². The lowest BCUT2D eigenvalue weighted by molar-refractivity contribution is -0.122. The van der Waals surface area contributed by atoms with Crippen molar-refractivity contribution in [1.82, 2.24) is 5.32 Å². The van der Waals surface area contributed by atoms with Crippen LogP contribution in [0.25, 0.3) is 0 Å². The molecule has 0 aromatic heterocycles. The number of rotatable bonds is 5. The van der Waals surface area contributed by atoms with E-state index in [1.165, 1.54) is 18.2 Å². The van der Waals surface area contributed by atoms with Crippen molar-refractivity contribution in [2.24, 2.45) is 17.4 Å². The molecule has 1 saturated carbocycles. The van der Waals surface area contributed by atoms with Crippen molar-refractivity contribution in [3.8, 4) is 0 Å². The molecule has 0 bridgehead atoms. The lowest BCUT2D eigenvalue weighted by Crippen LogP contribution is -2.36. The van der Waals surface area contributed by atoms with Gasteiger partial charge in [0.05, 0.1) is 0 Å². The Bertz CT molecular complexity index is 540. The van der Waals surface area contributed by atoms with Gasteiger partial charge in [0.1, 0.15) is 5.82 Å². The largest absolute Gasteiger partial charge is 0.369 e. The molecular weight excluding hydrogens is 273 g/mol. The SMILES string of the molecule is NC(=O)c1ccc(F)c(CNC2CCC(C(N)=O)CC2)c1. The van der Waals surface area contributed by atoms with Gasteiger partial charge in [0.15, 0.2) is 0 Å². The van der Waals surface area contributed by atoms with E-state index >= 15 is 0 Å². The summed E-state index contributed by atoms with van der Waals surface area (Å²) in [5.41, 5.74) is 11.2. The standard InChI is InChI=1S/C15H20FN3O2/c16-13-6-3-10(15(18)21)7-11(13)8-19-12-4-1-9(2-5-12)14(17)20/h3,6-7,9,12,19H,1-2,4-5,8H2,(H2,17,20)(H2,18,21). The van der Waals surface area contributed by atoms with Crippen LogP contribution in [0.4, 0.5) is 4.39 Å². The van der Waals surface area contributed by atoms with Gasteiger partial charge in [0.25, 0.3) is 0 Å². The number of hydrogen-bond acceptors (Lipinski definition) is 3. The van der Waals surface area contributed by atoms with Crippen molar-refractivity contribution >= 4 is 11.8 Å². The average molecular weight is 293 g/mol.